The molecule has 0 radical (unpaired) electrons. The maximum atomic E-state index is 12.5. The van der Waals surface area contributed by atoms with E-state index >= 15 is 0 Å². The van der Waals surface area contributed by atoms with Crippen molar-refractivity contribution in [3.8, 4) is 17.6 Å². The maximum Gasteiger partial charge on any atom is 0.266 e. The van der Waals surface area contributed by atoms with Crippen molar-refractivity contribution in [2.75, 3.05) is 5.32 Å². The normalized spacial score (nSPS) is 10.9. The zero-order chi connectivity index (χ0) is 21.5. The molecule has 150 valence electrons. The third-order valence-corrected chi connectivity index (χ3v) is 5.50. The number of nitrogens with zero attached hydrogens (tertiary/aromatic N) is 1. The van der Waals surface area contributed by atoms with E-state index in [1.54, 1.807) is 36.4 Å². The molecule has 0 fully saturated rings. The molecule has 0 unspecified atom stereocenters. The average Bonchev–Trinajstić information content (AvgIpc) is 2.76. The molecule has 2 N–H and O–H groups in total. The molecule has 0 aliphatic rings. The molecule has 3 aromatic rings. The highest BCUT2D eigenvalue weighted by Crippen LogP contribution is 2.31. The summed E-state index contributed by atoms with van der Waals surface area (Å²) in [6.07, 6.45) is 1.47. The number of ether oxygens (including phenoxy) is 1. The van der Waals surface area contributed by atoms with Gasteiger partial charge in [0.05, 0.1) is 8.04 Å². The first-order chi connectivity index (χ1) is 14.5. The number of rotatable bonds is 6. The Hall–Kier alpha value is -2.83. The predicted octanol–water partition coefficient (Wildman–Crippen LogP) is 5.88. The number of hydrogen-bond donors (Lipinski definition) is 2. The molecule has 0 aliphatic carbocycles. The molecule has 7 heteroatoms. The van der Waals surface area contributed by atoms with Crippen molar-refractivity contribution >= 4 is 56.2 Å². The topological polar surface area (TPSA) is 82.3 Å². The smallest absolute Gasteiger partial charge is 0.266 e. The number of benzene rings is 3. The van der Waals surface area contributed by atoms with Crippen LogP contribution in [0, 0.1) is 14.9 Å². The number of phenolic OH excluding ortho intramolecular Hbond substituents is 1. The van der Waals surface area contributed by atoms with Crippen LogP contribution in [0.2, 0.25) is 0 Å². The Morgan fingerprint density at radius 1 is 1.17 bits per heavy atom. The van der Waals surface area contributed by atoms with Gasteiger partial charge in [-0.3, -0.25) is 4.79 Å². The Morgan fingerprint density at radius 3 is 2.50 bits per heavy atom. The molecule has 3 aromatic carbocycles. The predicted molar refractivity (Wildman–Crippen MR) is 128 cm³/mol. The SMILES string of the molecule is N#C/C(=C\c1cc(Br)c(O)c(I)c1)C(=O)Nc1ccc(OCc2ccccc2)cc1. The highest BCUT2D eigenvalue weighted by molar-refractivity contribution is 14.1. The van der Waals surface area contributed by atoms with Crippen LogP contribution in [0.5, 0.6) is 11.5 Å². The molecule has 3 rings (SSSR count). The fraction of sp³-hybridized carbons (Fsp3) is 0.0435. The van der Waals surface area contributed by atoms with Crippen LogP contribution >= 0.6 is 38.5 Å². The average molecular weight is 575 g/mol. The van der Waals surface area contributed by atoms with E-state index in [0.717, 1.165) is 5.56 Å². The van der Waals surface area contributed by atoms with Crippen molar-refractivity contribution < 1.29 is 14.6 Å². The molecule has 0 heterocycles. The number of amides is 1. The van der Waals surface area contributed by atoms with Crippen LogP contribution in [0.1, 0.15) is 11.1 Å². The van der Waals surface area contributed by atoms with E-state index in [1.807, 2.05) is 59.0 Å². The summed E-state index contributed by atoms with van der Waals surface area (Å²) in [5.74, 6) is 0.274. The van der Waals surface area contributed by atoms with Crippen molar-refractivity contribution in [2.45, 2.75) is 6.61 Å². The molecular weight excluding hydrogens is 559 g/mol. The van der Waals surface area contributed by atoms with Crippen molar-refractivity contribution in [1.82, 2.24) is 0 Å². The largest absolute Gasteiger partial charge is 0.506 e. The second-order valence-corrected chi connectivity index (χ2v) is 8.27. The number of nitrogens with one attached hydrogen (secondary N) is 1. The van der Waals surface area contributed by atoms with Crippen LogP contribution < -0.4 is 10.1 Å². The van der Waals surface area contributed by atoms with Gasteiger partial charge in [-0.1, -0.05) is 30.3 Å². The molecule has 5 nitrogen and oxygen atoms in total. The molecular formula is C23H16BrIN2O3. The number of hydrogen-bond acceptors (Lipinski definition) is 4. The van der Waals surface area contributed by atoms with Gasteiger partial charge in [-0.05, 0) is 92.1 Å². The first-order valence-corrected chi connectivity index (χ1v) is 10.7. The minimum Gasteiger partial charge on any atom is -0.506 e. The molecule has 0 saturated carbocycles. The van der Waals surface area contributed by atoms with Crippen molar-refractivity contribution in [3.63, 3.8) is 0 Å². The van der Waals surface area contributed by atoms with E-state index in [0.29, 0.717) is 31.7 Å². The van der Waals surface area contributed by atoms with Crippen LogP contribution in [0.4, 0.5) is 5.69 Å². The second kappa shape index (κ2) is 10.3. The molecule has 0 spiro atoms. The molecule has 1 amide bonds. The number of nitriles is 1. The quantitative estimate of drug-likeness (QED) is 0.219. The number of halogens is 2. The van der Waals surface area contributed by atoms with Gasteiger partial charge in [0.2, 0.25) is 0 Å². The second-order valence-electron chi connectivity index (χ2n) is 6.26. The summed E-state index contributed by atoms with van der Waals surface area (Å²) in [5, 5.41) is 21.9. The third-order valence-electron chi connectivity index (χ3n) is 4.08. The standard InChI is InChI=1S/C23H16BrIN2O3/c24-20-11-16(12-21(25)22(20)28)10-17(13-26)23(29)27-18-6-8-19(9-7-18)30-14-15-4-2-1-3-5-15/h1-12,28H,14H2,(H,27,29)/b17-10+. The van der Waals surface area contributed by atoms with E-state index in [1.165, 1.54) is 6.08 Å². The highest BCUT2D eigenvalue weighted by atomic mass is 127. The summed E-state index contributed by atoms with van der Waals surface area (Å²) in [5.41, 5.74) is 2.19. The fourth-order valence-electron chi connectivity index (χ4n) is 2.56. The zero-order valence-corrected chi connectivity index (χ0v) is 19.3. The zero-order valence-electron chi connectivity index (χ0n) is 15.6. The van der Waals surface area contributed by atoms with E-state index in [-0.39, 0.29) is 11.3 Å². The Kier molecular flexibility index (Phi) is 7.49. The van der Waals surface area contributed by atoms with Crippen molar-refractivity contribution in [2.24, 2.45) is 0 Å². The molecule has 0 atom stereocenters. The first-order valence-electron chi connectivity index (χ1n) is 8.84. The Morgan fingerprint density at radius 2 is 1.87 bits per heavy atom. The van der Waals surface area contributed by atoms with E-state index in [9.17, 15) is 15.2 Å². The van der Waals surface area contributed by atoms with Crippen LogP contribution in [-0.2, 0) is 11.4 Å². The van der Waals surface area contributed by atoms with Gasteiger partial charge in [0.25, 0.3) is 5.91 Å². The van der Waals surface area contributed by atoms with Crippen molar-refractivity contribution in [3.05, 3.63) is 91.5 Å². The van der Waals surface area contributed by atoms with E-state index in [4.69, 9.17) is 4.74 Å². The van der Waals surface area contributed by atoms with Gasteiger partial charge in [0, 0.05) is 5.69 Å². The molecule has 0 aliphatic heterocycles. The van der Waals surface area contributed by atoms with Gasteiger partial charge in [0.15, 0.2) is 0 Å². The minimum atomic E-state index is -0.519. The highest BCUT2D eigenvalue weighted by Gasteiger charge is 2.11. The summed E-state index contributed by atoms with van der Waals surface area (Å²) in [6, 6.07) is 22.0. The monoisotopic (exact) mass is 574 g/mol. The number of carbonyl (C=O) groups excluding carboxylic acids is 1. The van der Waals surface area contributed by atoms with Gasteiger partial charge in [-0.25, -0.2) is 0 Å². The van der Waals surface area contributed by atoms with Gasteiger partial charge >= 0.3 is 0 Å². The van der Waals surface area contributed by atoms with E-state index < -0.39 is 5.91 Å². The first kappa shape index (κ1) is 21.9. The lowest BCUT2D eigenvalue weighted by Gasteiger charge is -2.08. The Labute approximate surface area is 196 Å². The summed E-state index contributed by atoms with van der Waals surface area (Å²) < 4.78 is 6.83. The lowest BCUT2D eigenvalue weighted by molar-refractivity contribution is -0.112. The summed E-state index contributed by atoms with van der Waals surface area (Å²) >= 11 is 5.23. The number of phenols is 1. The lowest BCUT2D eigenvalue weighted by Crippen LogP contribution is -2.13. The van der Waals surface area contributed by atoms with Crippen molar-refractivity contribution in [1.29, 1.82) is 5.26 Å². The number of carbonyl (C=O) groups is 1. The molecule has 0 saturated heterocycles. The summed E-state index contributed by atoms with van der Waals surface area (Å²) in [7, 11) is 0. The number of aromatic hydroxyl groups is 1. The molecule has 30 heavy (non-hydrogen) atoms. The van der Waals surface area contributed by atoms with Gasteiger partial charge in [-0.2, -0.15) is 5.26 Å². The van der Waals surface area contributed by atoms with Crippen LogP contribution in [0.15, 0.2) is 76.8 Å². The summed E-state index contributed by atoms with van der Waals surface area (Å²) in [6.45, 7) is 0.453. The Bertz CT molecular complexity index is 1100. The molecule has 0 bridgehead atoms. The number of anilines is 1. The molecule has 0 aromatic heterocycles. The van der Waals surface area contributed by atoms with Crippen LogP contribution in [0.25, 0.3) is 6.08 Å². The Balaban J connectivity index is 1.66. The van der Waals surface area contributed by atoms with E-state index in [2.05, 4.69) is 21.2 Å². The van der Waals surface area contributed by atoms with Gasteiger partial charge in [0.1, 0.15) is 29.7 Å². The third kappa shape index (κ3) is 5.84. The van der Waals surface area contributed by atoms with Crippen LogP contribution in [-0.4, -0.2) is 11.0 Å². The summed E-state index contributed by atoms with van der Waals surface area (Å²) in [4.78, 5) is 12.5. The minimum absolute atomic E-state index is 0.0483. The van der Waals surface area contributed by atoms with Crippen LogP contribution in [0.3, 0.4) is 0 Å². The lowest BCUT2D eigenvalue weighted by atomic mass is 10.1. The van der Waals surface area contributed by atoms with Gasteiger partial charge in [-0.15, -0.1) is 0 Å². The fourth-order valence-corrected chi connectivity index (χ4v) is 4.06. The van der Waals surface area contributed by atoms with Gasteiger partial charge < -0.3 is 15.2 Å². The maximum absolute atomic E-state index is 12.5.